The average Bonchev–Trinajstić information content (AvgIpc) is 3.26. The summed E-state index contributed by atoms with van der Waals surface area (Å²) in [6, 6.07) is 21.3. The molecule has 1 aliphatic heterocycles. The van der Waals surface area contributed by atoms with E-state index in [1.807, 2.05) is 36.5 Å². The molecular formula is C19H20N4. The summed E-state index contributed by atoms with van der Waals surface area (Å²) in [6.07, 6.45) is 4.34. The van der Waals surface area contributed by atoms with E-state index in [9.17, 15) is 0 Å². The number of rotatable bonds is 4. The molecule has 3 aromatic rings. The van der Waals surface area contributed by atoms with Crippen LogP contribution in [0.1, 0.15) is 30.1 Å². The molecule has 1 saturated heterocycles. The van der Waals surface area contributed by atoms with Crippen LogP contribution in [0.5, 0.6) is 0 Å². The lowest BCUT2D eigenvalue weighted by Gasteiger charge is -2.23. The van der Waals surface area contributed by atoms with Gasteiger partial charge in [-0.05, 0) is 37.1 Å². The number of hydrogen-bond donors (Lipinski definition) is 0. The van der Waals surface area contributed by atoms with Crippen molar-refractivity contribution in [1.82, 2.24) is 19.9 Å². The fourth-order valence-corrected chi connectivity index (χ4v) is 3.33. The predicted octanol–water partition coefficient (Wildman–Crippen LogP) is 3.60. The maximum atomic E-state index is 4.64. The highest BCUT2D eigenvalue weighted by atomic mass is 15.5. The van der Waals surface area contributed by atoms with Gasteiger partial charge in [0.15, 0.2) is 0 Å². The Morgan fingerprint density at radius 2 is 1.70 bits per heavy atom. The van der Waals surface area contributed by atoms with E-state index in [0.29, 0.717) is 6.04 Å². The van der Waals surface area contributed by atoms with Gasteiger partial charge >= 0.3 is 0 Å². The zero-order valence-corrected chi connectivity index (χ0v) is 13.0. The Bertz CT molecular complexity index is 751. The number of aromatic nitrogens is 3. The van der Waals surface area contributed by atoms with Gasteiger partial charge in [-0.2, -0.15) is 15.0 Å². The summed E-state index contributed by atoms with van der Waals surface area (Å²) in [6.45, 7) is 1.98. The van der Waals surface area contributed by atoms with Gasteiger partial charge in [0.2, 0.25) is 0 Å². The lowest BCUT2D eigenvalue weighted by atomic mass is 10.0. The summed E-state index contributed by atoms with van der Waals surface area (Å²) in [7, 11) is 0. The van der Waals surface area contributed by atoms with E-state index in [-0.39, 0.29) is 0 Å². The first kappa shape index (κ1) is 14.2. The van der Waals surface area contributed by atoms with Crippen LogP contribution in [0.25, 0.3) is 5.69 Å². The van der Waals surface area contributed by atoms with Gasteiger partial charge in [0.1, 0.15) is 0 Å². The minimum atomic E-state index is 0.498. The van der Waals surface area contributed by atoms with Gasteiger partial charge in [0, 0.05) is 12.6 Å². The van der Waals surface area contributed by atoms with Gasteiger partial charge in [-0.15, -0.1) is 0 Å². The molecule has 0 radical (unpaired) electrons. The van der Waals surface area contributed by atoms with E-state index >= 15 is 0 Å². The predicted molar refractivity (Wildman–Crippen MR) is 90.2 cm³/mol. The van der Waals surface area contributed by atoms with Crippen molar-refractivity contribution >= 4 is 0 Å². The van der Waals surface area contributed by atoms with Crippen molar-refractivity contribution in [2.75, 3.05) is 6.54 Å². The smallest absolute Gasteiger partial charge is 0.0972 e. The zero-order valence-electron chi connectivity index (χ0n) is 13.0. The molecule has 4 rings (SSSR count). The van der Waals surface area contributed by atoms with Crippen molar-refractivity contribution < 1.29 is 0 Å². The van der Waals surface area contributed by atoms with Crippen LogP contribution < -0.4 is 0 Å². The fraction of sp³-hybridized carbons (Fsp3) is 0.263. The van der Waals surface area contributed by atoms with Crippen molar-refractivity contribution in [2.45, 2.75) is 25.4 Å². The molecule has 1 fully saturated rings. The summed E-state index contributed by atoms with van der Waals surface area (Å²) in [5.74, 6) is 0. The van der Waals surface area contributed by atoms with Crippen LogP contribution in [0, 0.1) is 0 Å². The SMILES string of the molecule is c1ccc([C@H]2CCCN2Cc2cnn(-c3ccccc3)n2)cc1. The van der Waals surface area contributed by atoms with E-state index in [1.54, 1.807) is 4.80 Å². The Labute approximate surface area is 136 Å². The highest BCUT2D eigenvalue weighted by molar-refractivity contribution is 5.28. The second-order valence-electron chi connectivity index (χ2n) is 6.00. The number of benzene rings is 2. The minimum absolute atomic E-state index is 0.498. The lowest BCUT2D eigenvalue weighted by Crippen LogP contribution is -2.23. The first-order valence-corrected chi connectivity index (χ1v) is 8.16. The molecule has 23 heavy (non-hydrogen) atoms. The van der Waals surface area contributed by atoms with Gasteiger partial charge in [0.05, 0.1) is 17.6 Å². The average molecular weight is 304 g/mol. The van der Waals surface area contributed by atoms with Crippen molar-refractivity contribution in [3.8, 4) is 5.69 Å². The zero-order chi connectivity index (χ0) is 15.5. The van der Waals surface area contributed by atoms with E-state index in [0.717, 1.165) is 24.5 Å². The fourth-order valence-electron chi connectivity index (χ4n) is 3.33. The standard InChI is InChI=1S/C19H20N4/c1-3-8-16(9-4-1)19-12-7-13-22(19)15-17-14-20-23(21-17)18-10-5-2-6-11-18/h1-6,8-11,14,19H,7,12-13,15H2/t19-/m1/s1. The Hall–Kier alpha value is -2.46. The second-order valence-corrected chi connectivity index (χ2v) is 6.00. The molecule has 0 saturated carbocycles. The van der Waals surface area contributed by atoms with Crippen LogP contribution in [0.3, 0.4) is 0 Å². The number of likely N-dealkylation sites (tertiary alicyclic amines) is 1. The van der Waals surface area contributed by atoms with Gasteiger partial charge in [0.25, 0.3) is 0 Å². The van der Waals surface area contributed by atoms with Crippen molar-refractivity contribution in [1.29, 1.82) is 0 Å². The van der Waals surface area contributed by atoms with Crippen LogP contribution in [0.2, 0.25) is 0 Å². The normalized spacial score (nSPS) is 18.3. The second kappa shape index (κ2) is 6.34. The molecule has 0 unspecified atom stereocenters. The van der Waals surface area contributed by atoms with Crippen molar-refractivity contribution in [2.24, 2.45) is 0 Å². The summed E-state index contributed by atoms with van der Waals surface area (Å²) < 4.78 is 0. The van der Waals surface area contributed by atoms with Crippen molar-refractivity contribution in [3.05, 3.63) is 78.1 Å². The molecule has 1 atom stereocenters. The van der Waals surface area contributed by atoms with E-state index in [2.05, 4.69) is 45.4 Å². The topological polar surface area (TPSA) is 34.0 Å². The minimum Gasteiger partial charge on any atom is -0.290 e. The third-order valence-corrected chi connectivity index (χ3v) is 4.44. The molecular weight excluding hydrogens is 284 g/mol. The molecule has 4 nitrogen and oxygen atoms in total. The lowest BCUT2D eigenvalue weighted by molar-refractivity contribution is 0.245. The maximum absolute atomic E-state index is 4.64. The third-order valence-electron chi connectivity index (χ3n) is 4.44. The number of nitrogens with zero attached hydrogens (tertiary/aromatic N) is 4. The highest BCUT2D eigenvalue weighted by Crippen LogP contribution is 2.32. The molecule has 0 spiro atoms. The number of para-hydroxylation sites is 1. The summed E-state index contributed by atoms with van der Waals surface area (Å²) in [5.41, 5.74) is 3.43. The molecule has 0 amide bonds. The van der Waals surface area contributed by atoms with E-state index in [1.165, 1.54) is 18.4 Å². The van der Waals surface area contributed by atoms with Crippen LogP contribution in [0.15, 0.2) is 66.9 Å². The summed E-state index contributed by atoms with van der Waals surface area (Å²) >= 11 is 0. The molecule has 0 aliphatic carbocycles. The number of hydrogen-bond acceptors (Lipinski definition) is 3. The van der Waals surface area contributed by atoms with Crippen LogP contribution in [-0.4, -0.2) is 26.4 Å². The first-order valence-electron chi connectivity index (χ1n) is 8.16. The van der Waals surface area contributed by atoms with Crippen LogP contribution >= 0.6 is 0 Å². The molecule has 2 heterocycles. The molecule has 0 N–H and O–H groups in total. The molecule has 1 aliphatic rings. The highest BCUT2D eigenvalue weighted by Gasteiger charge is 2.26. The van der Waals surface area contributed by atoms with Gasteiger partial charge in [-0.3, -0.25) is 4.90 Å². The van der Waals surface area contributed by atoms with Crippen LogP contribution in [-0.2, 0) is 6.54 Å². The first-order chi connectivity index (χ1) is 11.4. The van der Waals surface area contributed by atoms with Gasteiger partial charge < -0.3 is 0 Å². The van der Waals surface area contributed by atoms with E-state index in [4.69, 9.17) is 0 Å². The summed E-state index contributed by atoms with van der Waals surface area (Å²) in [5, 5.41) is 9.04. The monoisotopic (exact) mass is 304 g/mol. The molecule has 0 bridgehead atoms. The maximum Gasteiger partial charge on any atom is 0.0972 e. The molecule has 1 aromatic heterocycles. The Balaban J connectivity index is 1.51. The molecule has 2 aromatic carbocycles. The molecule has 116 valence electrons. The largest absolute Gasteiger partial charge is 0.290 e. The Kier molecular flexibility index (Phi) is 3.90. The molecule has 4 heteroatoms. The third kappa shape index (κ3) is 3.03. The van der Waals surface area contributed by atoms with Crippen molar-refractivity contribution in [3.63, 3.8) is 0 Å². The quantitative estimate of drug-likeness (QED) is 0.738. The van der Waals surface area contributed by atoms with E-state index < -0.39 is 0 Å². The van der Waals surface area contributed by atoms with Crippen LogP contribution in [0.4, 0.5) is 0 Å². The van der Waals surface area contributed by atoms with Gasteiger partial charge in [-0.25, -0.2) is 0 Å². The van der Waals surface area contributed by atoms with Gasteiger partial charge in [-0.1, -0.05) is 48.5 Å². The Morgan fingerprint density at radius 1 is 0.957 bits per heavy atom. The Morgan fingerprint density at radius 3 is 2.48 bits per heavy atom. The summed E-state index contributed by atoms with van der Waals surface area (Å²) in [4.78, 5) is 4.22.